The van der Waals surface area contributed by atoms with Gasteiger partial charge in [-0.05, 0) is 41.3 Å². The molecule has 1 amide bonds. The highest BCUT2D eigenvalue weighted by atomic mass is 16.6. The van der Waals surface area contributed by atoms with Crippen molar-refractivity contribution in [2.75, 3.05) is 18.6 Å². The van der Waals surface area contributed by atoms with Crippen LogP contribution < -0.4 is 9.64 Å². The van der Waals surface area contributed by atoms with Crippen LogP contribution in [0.3, 0.4) is 0 Å². The van der Waals surface area contributed by atoms with Gasteiger partial charge in [-0.1, -0.05) is 6.07 Å². The molecule has 0 unspecified atom stereocenters. The minimum Gasteiger partial charge on any atom is -0.496 e. The van der Waals surface area contributed by atoms with Crippen LogP contribution in [0.4, 0.5) is 11.5 Å². The number of aromatic nitrogens is 2. The molecule has 3 rings (SSSR count). The van der Waals surface area contributed by atoms with Crippen molar-refractivity contribution in [3.05, 3.63) is 45.9 Å². The summed E-state index contributed by atoms with van der Waals surface area (Å²) >= 11 is 0. The predicted octanol–water partition coefficient (Wildman–Crippen LogP) is 2.48. The highest BCUT2D eigenvalue weighted by molar-refractivity contribution is 5.94. The zero-order valence-corrected chi connectivity index (χ0v) is 14.3. The largest absolute Gasteiger partial charge is 0.496 e. The number of rotatable bonds is 4. The van der Waals surface area contributed by atoms with Gasteiger partial charge in [0.25, 0.3) is 0 Å². The predicted molar refractivity (Wildman–Crippen MR) is 91.9 cm³/mol. The Morgan fingerprint density at radius 1 is 1.40 bits per heavy atom. The van der Waals surface area contributed by atoms with Crippen LogP contribution in [0.5, 0.6) is 5.75 Å². The minimum atomic E-state index is -0.555. The molecule has 0 bridgehead atoms. The van der Waals surface area contributed by atoms with Crippen LogP contribution in [0.25, 0.3) is 0 Å². The van der Waals surface area contributed by atoms with Crippen molar-refractivity contribution in [1.82, 2.24) is 9.55 Å². The first-order valence-corrected chi connectivity index (χ1v) is 8.15. The molecular formula is C17H20N4O4. The molecule has 2 heterocycles. The normalized spacial score (nSPS) is 13.9. The summed E-state index contributed by atoms with van der Waals surface area (Å²) in [7, 11) is 1.63. The molecule has 1 aromatic heterocycles. The zero-order chi connectivity index (χ0) is 18.0. The molecule has 1 aliphatic rings. The molecule has 25 heavy (non-hydrogen) atoms. The molecule has 1 aliphatic heterocycles. The molecule has 8 nitrogen and oxygen atoms in total. The van der Waals surface area contributed by atoms with Crippen molar-refractivity contribution >= 4 is 17.4 Å². The van der Waals surface area contributed by atoms with Gasteiger partial charge < -0.3 is 19.8 Å². The molecule has 0 fully saturated rings. The van der Waals surface area contributed by atoms with Gasteiger partial charge >= 0.3 is 5.82 Å². The Labute approximate surface area is 145 Å². The van der Waals surface area contributed by atoms with Gasteiger partial charge in [0.1, 0.15) is 18.5 Å². The SMILES string of the molecule is COc1cccc2c1CCCCN2C(=O)Cn1cc([N+](=O)[O-])nc1C. The summed E-state index contributed by atoms with van der Waals surface area (Å²) in [5.41, 5.74) is 1.89. The third-order valence-corrected chi connectivity index (χ3v) is 4.43. The van der Waals surface area contributed by atoms with Crippen molar-refractivity contribution in [2.45, 2.75) is 32.7 Å². The van der Waals surface area contributed by atoms with Crippen molar-refractivity contribution in [2.24, 2.45) is 0 Å². The number of nitrogens with zero attached hydrogens (tertiary/aromatic N) is 4. The molecule has 2 aromatic rings. The van der Waals surface area contributed by atoms with Gasteiger partial charge in [-0.2, -0.15) is 0 Å². The maximum absolute atomic E-state index is 12.9. The molecule has 1 aromatic carbocycles. The minimum absolute atomic E-state index is 0.0172. The number of hydrogen-bond donors (Lipinski definition) is 0. The Morgan fingerprint density at radius 3 is 2.88 bits per heavy atom. The number of aryl methyl sites for hydroxylation is 1. The Balaban J connectivity index is 1.89. The number of fused-ring (bicyclic) bond motifs is 1. The molecule has 0 saturated carbocycles. The van der Waals surface area contributed by atoms with Crippen LogP contribution in [0, 0.1) is 17.0 Å². The molecule has 8 heteroatoms. The van der Waals surface area contributed by atoms with E-state index in [1.165, 1.54) is 10.8 Å². The average molecular weight is 344 g/mol. The summed E-state index contributed by atoms with van der Waals surface area (Å²) in [5, 5.41) is 10.9. The van der Waals surface area contributed by atoms with Gasteiger partial charge in [0.15, 0.2) is 0 Å². The highest BCUT2D eigenvalue weighted by Gasteiger charge is 2.25. The van der Waals surface area contributed by atoms with E-state index >= 15 is 0 Å². The van der Waals surface area contributed by atoms with Crippen LogP contribution in [0.2, 0.25) is 0 Å². The summed E-state index contributed by atoms with van der Waals surface area (Å²) in [6.45, 7) is 2.29. The molecule has 0 aliphatic carbocycles. The number of anilines is 1. The fourth-order valence-electron chi connectivity index (χ4n) is 3.17. The fourth-order valence-corrected chi connectivity index (χ4v) is 3.17. The van der Waals surface area contributed by atoms with Gasteiger partial charge in [0.2, 0.25) is 11.7 Å². The van der Waals surface area contributed by atoms with Gasteiger partial charge in [0, 0.05) is 19.0 Å². The molecule has 0 N–H and O–H groups in total. The first kappa shape index (κ1) is 16.9. The number of nitro groups is 1. The van der Waals surface area contributed by atoms with Crippen LogP contribution in [0.15, 0.2) is 24.4 Å². The average Bonchev–Trinajstić information content (AvgIpc) is 2.82. The summed E-state index contributed by atoms with van der Waals surface area (Å²) < 4.78 is 6.95. The second-order valence-electron chi connectivity index (χ2n) is 5.99. The summed E-state index contributed by atoms with van der Waals surface area (Å²) in [4.78, 5) is 28.8. The second-order valence-corrected chi connectivity index (χ2v) is 5.99. The van der Waals surface area contributed by atoms with E-state index in [2.05, 4.69) is 4.98 Å². The number of methoxy groups -OCH3 is 1. The van der Waals surface area contributed by atoms with Crippen molar-refractivity contribution in [3.8, 4) is 5.75 Å². The summed E-state index contributed by atoms with van der Waals surface area (Å²) in [6.07, 6.45) is 4.04. The van der Waals surface area contributed by atoms with Gasteiger partial charge in [-0.15, -0.1) is 0 Å². The van der Waals surface area contributed by atoms with Gasteiger partial charge in [0.05, 0.1) is 12.8 Å². The lowest BCUT2D eigenvalue weighted by atomic mass is 10.1. The standard InChI is InChI=1S/C17H20N4O4/c1-12-18-16(21(23)24)10-19(12)11-17(22)20-9-4-3-6-13-14(20)7-5-8-15(13)25-2/h5,7-8,10H,3-4,6,9,11H2,1-2H3. The lowest BCUT2D eigenvalue weighted by molar-refractivity contribution is -0.389. The van der Waals surface area contributed by atoms with Crippen molar-refractivity contribution in [1.29, 1.82) is 0 Å². The molecule has 0 spiro atoms. The van der Waals surface area contributed by atoms with Gasteiger partial charge in [-0.3, -0.25) is 9.36 Å². The van der Waals surface area contributed by atoms with E-state index in [0.717, 1.165) is 36.3 Å². The van der Waals surface area contributed by atoms with E-state index in [1.54, 1.807) is 18.9 Å². The van der Waals surface area contributed by atoms with Crippen molar-refractivity contribution in [3.63, 3.8) is 0 Å². The monoisotopic (exact) mass is 344 g/mol. The zero-order valence-electron chi connectivity index (χ0n) is 14.3. The third-order valence-electron chi connectivity index (χ3n) is 4.43. The number of hydrogen-bond acceptors (Lipinski definition) is 5. The van der Waals surface area contributed by atoms with Gasteiger partial charge in [-0.25, -0.2) is 0 Å². The van der Waals surface area contributed by atoms with E-state index in [-0.39, 0.29) is 18.3 Å². The smallest absolute Gasteiger partial charge is 0.381 e. The van der Waals surface area contributed by atoms with E-state index in [1.807, 2.05) is 18.2 Å². The number of ether oxygens (including phenoxy) is 1. The molecular weight excluding hydrogens is 324 g/mol. The number of carbonyl (C=O) groups is 1. The number of amides is 1. The van der Waals surface area contributed by atoms with Crippen molar-refractivity contribution < 1.29 is 14.5 Å². The molecule has 0 saturated heterocycles. The third kappa shape index (κ3) is 3.33. The summed E-state index contributed by atoms with van der Waals surface area (Å²) in [5.74, 6) is 0.863. The van der Waals surface area contributed by atoms with E-state index < -0.39 is 4.92 Å². The van der Waals surface area contributed by atoms with E-state index in [9.17, 15) is 14.9 Å². The maximum Gasteiger partial charge on any atom is 0.381 e. The fraction of sp³-hybridized carbons (Fsp3) is 0.412. The number of imidazole rings is 1. The lowest BCUT2D eigenvalue weighted by Crippen LogP contribution is -2.34. The van der Waals surface area contributed by atoms with E-state index in [0.29, 0.717) is 12.4 Å². The number of benzene rings is 1. The summed E-state index contributed by atoms with van der Waals surface area (Å²) in [6, 6.07) is 5.69. The van der Waals surface area contributed by atoms with Crippen LogP contribution in [-0.2, 0) is 17.8 Å². The number of carbonyl (C=O) groups excluding carboxylic acids is 1. The van der Waals surface area contributed by atoms with Crippen LogP contribution >= 0.6 is 0 Å². The first-order valence-electron chi connectivity index (χ1n) is 8.15. The molecule has 0 atom stereocenters. The Morgan fingerprint density at radius 2 is 2.20 bits per heavy atom. The Hall–Kier alpha value is -2.90. The first-order chi connectivity index (χ1) is 12.0. The Kier molecular flexibility index (Phi) is 4.69. The second kappa shape index (κ2) is 6.92. The quantitative estimate of drug-likeness (QED) is 0.628. The maximum atomic E-state index is 12.9. The highest BCUT2D eigenvalue weighted by Crippen LogP contribution is 2.33. The van der Waals surface area contributed by atoms with Crippen LogP contribution in [0.1, 0.15) is 24.2 Å². The van der Waals surface area contributed by atoms with Crippen LogP contribution in [-0.4, -0.2) is 34.0 Å². The molecule has 0 radical (unpaired) electrons. The lowest BCUT2D eigenvalue weighted by Gasteiger charge is -2.24. The topological polar surface area (TPSA) is 90.5 Å². The molecule has 132 valence electrons. The Bertz CT molecular complexity index is 815. The van der Waals surface area contributed by atoms with E-state index in [4.69, 9.17) is 4.74 Å².